The number of urea groups is 2. The van der Waals surface area contributed by atoms with Gasteiger partial charge in [0.1, 0.15) is 0 Å². The molecule has 2 aliphatic heterocycles. The van der Waals surface area contributed by atoms with Gasteiger partial charge in [0.25, 0.3) is 0 Å². The fraction of sp³-hybridized carbons (Fsp3) is 0.750. The zero-order valence-electron chi connectivity index (χ0n) is 8.45. The van der Waals surface area contributed by atoms with Crippen molar-refractivity contribution in [2.45, 2.75) is 0 Å². The van der Waals surface area contributed by atoms with E-state index in [1.165, 1.54) is 0 Å². The number of rotatable bonds is 3. The Bertz CT molecular complexity index is 260. The van der Waals surface area contributed by atoms with Crippen LogP contribution in [0.1, 0.15) is 0 Å². The lowest BCUT2D eigenvalue weighted by molar-refractivity contribution is 0.167. The Kier molecular flexibility index (Phi) is 2.91. The van der Waals surface area contributed by atoms with Gasteiger partial charge >= 0.3 is 12.1 Å². The average Bonchev–Trinajstić information content (AvgIpc) is 2.63. The maximum atomic E-state index is 11.2. The number of nitrogens with one attached hydrogen (secondary N) is 3. The molecule has 7 nitrogen and oxygen atoms in total. The highest BCUT2D eigenvalue weighted by Gasteiger charge is 2.20. The Hall–Kier alpha value is -1.50. The minimum Gasteiger partial charge on any atom is -0.336 e. The highest BCUT2D eigenvalue weighted by molar-refractivity contribution is 5.76. The molecule has 2 fully saturated rings. The van der Waals surface area contributed by atoms with Crippen molar-refractivity contribution in [2.75, 3.05) is 39.5 Å². The van der Waals surface area contributed by atoms with Crippen molar-refractivity contribution in [3.8, 4) is 0 Å². The lowest BCUT2D eigenvalue weighted by atomic mass is 10.4. The van der Waals surface area contributed by atoms with E-state index in [2.05, 4.69) is 16.0 Å². The van der Waals surface area contributed by atoms with Gasteiger partial charge in [-0.3, -0.25) is 4.90 Å². The molecule has 2 saturated heterocycles. The third-order valence-electron chi connectivity index (χ3n) is 2.56. The highest BCUT2D eigenvalue weighted by atomic mass is 16.2. The van der Waals surface area contributed by atoms with Crippen molar-refractivity contribution in [3.63, 3.8) is 0 Å². The first-order valence-electron chi connectivity index (χ1n) is 5.02. The molecule has 7 heteroatoms. The molecule has 2 aliphatic rings. The second kappa shape index (κ2) is 4.35. The van der Waals surface area contributed by atoms with Crippen molar-refractivity contribution in [1.29, 1.82) is 0 Å². The summed E-state index contributed by atoms with van der Waals surface area (Å²) in [4.78, 5) is 25.8. The van der Waals surface area contributed by atoms with Crippen LogP contribution in [0.4, 0.5) is 9.59 Å². The minimum atomic E-state index is -0.134. The van der Waals surface area contributed by atoms with Gasteiger partial charge in [0, 0.05) is 26.2 Å². The number of amides is 4. The van der Waals surface area contributed by atoms with Crippen LogP contribution in [-0.2, 0) is 0 Å². The third kappa shape index (κ3) is 2.50. The molecule has 0 aromatic carbocycles. The SMILES string of the molecule is O=C1NCN(CCN2CCNC2=O)CN1. The zero-order chi connectivity index (χ0) is 10.7. The van der Waals surface area contributed by atoms with Crippen molar-refractivity contribution in [3.05, 3.63) is 0 Å². The zero-order valence-corrected chi connectivity index (χ0v) is 8.45. The summed E-state index contributed by atoms with van der Waals surface area (Å²) in [5.74, 6) is 0. The quantitative estimate of drug-likeness (QED) is 0.536. The number of hydrogen-bond donors (Lipinski definition) is 3. The van der Waals surface area contributed by atoms with Crippen LogP contribution in [0.15, 0.2) is 0 Å². The van der Waals surface area contributed by atoms with Crippen LogP contribution in [-0.4, -0.2) is 61.4 Å². The molecule has 0 unspecified atom stereocenters. The number of carbonyl (C=O) groups excluding carboxylic acids is 2. The summed E-state index contributed by atoms with van der Waals surface area (Å²) in [5.41, 5.74) is 0. The Balaban J connectivity index is 1.69. The smallest absolute Gasteiger partial charge is 0.317 e. The second-order valence-corrected chi connectivity index (χ2v) is 3.61. The number of nitrogens with zero attached hydrogens (tertiary/aromatic N) is 2. The molecule has 0 saturated carbocycles. The molecule has 0 aliphatic carbocycles. The number of carbonyl (C=O) groups is 2. The first-order chi connectivity index (χ1) is 7.25. The van der Waals surface area contributed by atoms with E-state index >= 15 is 0 Å². The molecule has 0 radical (unpaired) electrons. The maximum absolute atomic E-state index is 11.2. The molecule has 15 heavy (non-hydrogen) atoms. The molecule has 0 aromatic heterocycles. The standard InChI is InChI=1S/C8H15N5O2/c14-7-10-5-12(6-11-7)3-4-13-2-1-9-8(13)15/h1-6H2,(H,9,15)(H2,10,11,14). The van der Waals surface area contributed by atoms with E-state index in [0.717, 1.165) is 19.6 Å². The van der Waals surface area contributed by atoms with Crippen molar-refractivity contribution >= 4 is 12.1 Å². The first-order valence-corrected chi connectivity index (χ1v) is 5.02. The van der Waals surface area contributed by atoms with Gasteiger partial charge in [-0.15, -0.1) is 0 Å². The minimum absolute atomic E-state index is 0.00371. The summed E-state index contributed by atoms with van der Waals surface area (Å²) in [6.45, 7) is 4.05. The molecule has 2 rings (SSSR count). The predicted octanol–water partition coefficient (Wildman–Crippen LogP) is -1.46. The summed E-state index contributed by atoms with van der Waals surface area (Å²) in [6.07, 6.45) is 0. The van der Waals surface area contributed by atoms with E-state index in [1.54, 1.807) is 4.90 Å². The predicted molar refractivity (Wildman–Crippen MR) is 53.1 cm³/mol. The van der Waals surface area contributed by atoms with Crippen LogP contribution in [0.2, 0.25) is 0 Å². The molecule has 0 spiro atoms. The fourth-order valence-corrected chi connectivity index (χ4v) is 1.63. The van der Waals surface area contributed by atoms with E-state index in [-0.39, 0.29) is 12.1 Å². The normalized spacial score (nSPS) is 22.3. The monoisotopic (exact) mass is 213 g/mol. The molecule has 3 N–H and O–H groups in total. The summed E-state index contributed by atoms with van der Waals surface area (Å²) in [5, 5.41) is 8.10. The van der Waals surface area contributed by atoms with Crippen molar-refractivity contribution in [2.24, 2.45) is 0 Å². The van der Waals surface area contributed by atoms with Gasteiger partial charge < -0.3 is 20.9 Å². The van der Waals surface area contributed by atoms with Gasteiger partial charge in [-0.25, -0.2) is 9.59 Å². The van der Waals surface area contributed by atoms with Gasteiger partial charge in [-0.2, -0.15) is 0 Å². The lowest BCUT2D eigenvalue weighted by Gasteiger charge is -2.29. The molecule has 0 aromatic rings. The molecule has 0 atom stereocenters. The average molecular weight is 213 g/mol. The third-order valence-corrected chi connectivity index (χ3v) is 2.56. The van der Waals surface area contributed by atoms with Crippen LogP contribution >= 0.6 is 0 Å². The Morgan fingerprint density at radius 3 is 2.40 bits per heavy atom. The molecule has 4 amide bonds. The van der Waals surface area contributed by atoms with Gasteiger partial charge in [0.2, 0.25) is 0 Å². The Morgan fingerprint density at radius 1 is 1.07 bits per heavy atom. The van der Waals surface area contributed by atoms with Gasteiger partial charge in [-0.1, -0.05) is 0 Å². The molecule has 2 heterocycles. The Morgan fingerprint density at radius 2 is 1.80 bits per heavy atom. The summed E-state index contributed by atoms with van der Waals surface area (Å²) < 4.78 is 0. The largest absolute Gasteiger partial charge is 0.336 e. The topological polar surface area (TPSA) is 76.7 Å². The molecule has 84 valence electrons. The summed E-state index contributed by atoms with van der Waals surface area (Å²) >= 11 is 0. The van der Waals surface area contributed by atoms with Crippen LogP contribution in [0.25, 0.3) is 0 Å². The Labute approximate surface area is 87.8 Å². The van der Waals surface area contributed by atoms with Gasteiger partial charge in [-0.05, 0) is 0 Å². The van der Waals surface area contributed by atoms with E-state index in [4.69, 9.17) is 0 Å². The van der Waals surface area contributed by atoms with Crippen molar-refractivity contribution in [1.82, 2.24) is 25.8 Å². The van der Waals surface area contributed by atoms with E-state index in [0.29, 0.717) is 19.9 Å². The van der Waals surface area contributed by atoms with Crippen molar-refractivity contribution < 1.29 is 9.59 Å². The lowest BCUT2D eigenvalue weighted by Crippen LogP contribution is -2.55. The maximum Gasteiger partial charge on any atom is 0.317 e. The fourth-order valence-electron chi connectivity index (χ4n) is 1.63. The van der Waals surface area contributed by atoms with Gasteiger partial charge in [0.05, 0.1) is 13.3 Å². The summed E-state index contributed by atoms with van der Waals surface area (Å²) in [7, 11) is 0. The van der Waals surface area contributed by atoms with E-state index in [9.17, 15) is 9.59 Å². The first kappa shape index (κ1) is 10.0. The van der Waals surface area contributed by atoms with Crippen LogP contribution in [0.3, 0.4) is 0 Å². The molecule has 0 bridgehead atoms. The number of hydrogen-bond acceptors (Lipinski definition) is 3. The second-order valence-electron chi connectivity index (χ2n) is 3.61. The molecular formula is C8H15N5O2. The molecular weight excluding hydrogens is 198 g/mol. The van der Waals surface area contributed by atoms with Crippen LogP contribution < -0.4 is 16.0 Å². The van der Waals surface area contributed by atoms with E-state index in [1.807, 2.05) is 4.90 Å². The highest BCUT2D eigenvalue weighted by Crippen LogP contribution is 1.97. The van der Waals surface area contributed by atoms with E-state index < -0.39 is 0 Å². The van der Waals surface area contributed by atoms with Crippen LogP contribution in [0.5, 0.6) is 0 Å². The summed E-state index contributed by atoms with van der Waals surface area (Å²) in [6, 6.07) is -0.130. The van der Waals surface area contributed by atoms with Crippen LogP contribution in [0, 0.1) is 0 Å². The van der Waals surface area contributed by atoms with Gasteiger partial charge in [0.15, 0.2) is 0 Å².